The minimum absolute atomic E-state index is 0.0171. The maximum absolute atomic E-state index is 14.2. The fourth-order valence-corrected chi connectivity index (χ4v) is 6.58. The van der Waals surface area contributed by atoms with Gasteiger partial charge < -0.3 is 10.2 Å². The lowest BCUT2D eigenvalue weighted by Gasteiger charge is -2.34. The number of rotatable bonds is 11. The highest BCUT2D eigenvalue weighted by molar-refractivity contribution is 7.92. The number of halogens is 4. The molecule has 2 amide bonds. The highest BCUT2D eigenvalue weighted by Gasteiger charge is 2.35. The van der Waals surface area contributed by atoms with Crippen LogP contribution in [-0.2, 0) is 26.2 Å². The predicted molar refractivity (Wildman–Crippen MR) is 167 cm³/mol. The molecule has 1 N–H and O–H groups in total. The van der Waals surface area contributed by atoms with E-state index in [1.165, 1.54) is 35.2 Å². The molecular weight excluding hydrogens is 628 g/mol. The van der Waals surface area contributed by atoms with E-state index < -0.39 is 34.4 Å². The van der Waals surface area contributed by atoms with Gasteiger partial charge in [0.25, 0.3) is 10.0 Å². The number of hydrogen-bond donors (Lipinski definition) is 1. The molecule has 0 fully saturated rings. The van der Waals surface area contributed by atoms with Gasteiger partial charge in [0.1, 0.15) is 12.6 Å². The molecule has 3 rings (SSSR count). The first-order valence-electron chi connectivity index (χ1n) is 12.8. The van der Waals surface area contributed by atoms with Crippen molar-refractivity contribution in [3.8, 4) is 0 Å². The number of amides is 2. The average Bonchev–Trinajstić information content (AvgIpc) is 2.90. The van der Waals surface area contributed by atoms with Gasteiger partial charge in [-0.05, 0) is 63.6 Å². The summed E-state index contributed by atoms with van der Waals surface area (Å²) < 4.78 is 28.9. The SMILES string of the molecule is CCC(C(=O)NC(C)C)N(Cc1c(Cl)cccc1Cl)C(=O)CN(c1cccc(Cl)c1Cl)S(=O)(=O)c1ccc(C)cc1. The highest BCUT2D eigenvalue weighted by atomic mass is 35.5. The van der Waals surface area contributed by atoms with Crippen LogP contribution in [0.3, 0.4) is 0 Å². The summed E-state index contributed by atoms with van der Waals surface area (Å²) in [5, 5.41) is 3.52. The molecule has 0 heterocycles. The molecule has 41 heavy (non-hydrogen) atoms. The van der Waals surface area contributed by atoms with E-state index in [-0.39, 0.29) is 39.6 Å². The van der Waals surface area contributed by atoms with Crippen molar-refractivity contribution < 1.29 is 18.0 Å². The van der Waals surface area contributed by atoms with Crippen LogP contribution in [0.25, 0.3) is 0 Å². The summed E-state index contributed by atoms with van der Waals surface area (Å²) in [6.07, 6.45) is 0.245. The summed E-state index contributed by atoms with van der Waals surface area (Å²) in [5.74, 6) is -1.06. The van der Waals surface area contributed by atoms with Crippen molar-refractivity contribution in [1.82, 2.24) is 10.2 Å². The van der Waals surface area contributed by atoms with Crippen LogP contribution < -0.4 is 9.62 Å². The van der Waals surface area contributed by atoms with E-state index in [1.807, 2.05) is 6.92 Å². The Labute approximate surface area is 261 Å². The molecule has 3 aromatic rings. The van der Waals surface area contributed by atoms with Crippen LogP contribution in [0.2, 0.25) is 20.1 Å². The van der Waals surface area contributed by atoms with Crippen molar-refractivity contribution in [3.63, 3.8) is 0 Å². The van der Waals surface area contributed by atoms with Crippen LogP contribution in [-0.4, -0.2) is 43.8 Å². The van der Waals surface area contributed by atoms with Gasteiger partial charge in [-0.2, -0.15) is 0 Å². The molecule has 3 aromatic carbocycles. The molecule has 0 aliphatic rings. The Kier molecular flexibility index (Phi) is 11.4. The molecule has 1 atom stereocenters. The van der Waals surface area contributed by atoms with Crippen LogP contribution in [0.4, 0.5) is 5.69 Å². The monoisotopic (exact) mass is 657 g/mol. The van der Waals surface area contributed by atoms with E-state index in [2.05, 4.69) is 5.32 Å². The second kappa shape index (κ2) is 14.1. The third-order valence-corrected chi connectivity index (χ3v) is 9.59. The molecule has 7 nitrogen and oxygen atoms in total. The summed E-state index contributed by atoms with van der Waals surface area (Å²) in [6, 6.07) is 14.5. The van der Waals surface area contributed by atoms with Crippen molar-refractivity contribution >= 4 is 73.9 Å². The van der Waals surface area contributed by atoms with E-state index in [9.17, 15) is 18.0 Å². The molecule has 0 aliphatic heterocycles. The minimum atomic E-state index is -4.31. The molecule has 0 aromatic heterocycles. The van der Waals surface area contributed by atoms with E-state index in [0.29, 0.717) is 15.6 Å². The first-order valence-corrected chi connectivity index (χ1v) is 15.8. The van der Waals surface area contributed by atoms with Gasteiger partial charge in [0, 0.05) is 28.2 Å². The molecular formula is C29H31Cl4N3O4S. The number of aryl methyl sites for hydroxylation is 1. The van der Waals surface area contributed by atoms with Crippen LogP contribution in [0.15, 0.2) is 65.6 Å². The lowest BCUT2D eigenvalue weighted by atomic mass is 10.1. The predicted octanol–water partition coefficient (Wildman–Crippen LogP) is 7.14. The summed E-state index contributed by atoms with van der Waals surface area (Å²) in [6.45, 7) is 6.38. The molecule has 0 saturated heterocycles. The van der Waals surface area contributed by atoms with Crippen molar-refractivity contribution in [2.24, 2.45) is 0 Å². The number of carbonyl (C=O) groups is 2. The molecule has 0 spiro atoms. The van der Waals surface area contributed by atoms with E-state index in [0.717, 1.165) is 9.87 Å². The average molecular weight is 659 g/mol. The summed E-state index contributed by atoms with van der Waals surface area (Å²) in [4.78, 5) is 28.7. The second-order valence-electron chi connectivity index (χ2n) is 9.71. The Bertz CT molecular complexity index is 1490. The van der Waals surface area contributed by atoms with Gasteiger partial charge in [-0.15, -0.1) is 0 Å². The quantitative estimate of drug-likeness (QED) is 0.237. The zero-order valence-corrected chi connectivity index (χ0v) is 26.8. The zero-order valence-electron chi connectivity index (χ0n) is 23.0. The molecule has 0 radical (unpaired) electrons. The first-order chi connectivity index (χ1) is 19.3. The Morgan fingerprint density at radius 1 is 0.878 bits per heavy atom. The summed E-state index contributed by atoms with van der Waals surface area (Å²) in [5.41, 5.74) is 1.30. The standard InChI is InChI=1S/C29H31Cl4N3O4S/c1-5-25(29(38)34-18(2)3)35(16-21-22(30)8-6-9-23(21)31)27(37)17-36(26-11-7-10-24(32)28(26)33)41(39,40)20-14-12-19(4)13-15-20/h6-15,18,25H,5,16-17H2,1-4H3,(H,34,38). The lowest BCUT2D eigenvalue weighted by molar-refractivity contribution is -0.140. The number of nitrogens with one attached hydrogen (secondary N) is 1. The number of anilines is 1. The van der Waals surface area contributed by atoms with Gasteiger partial charge >= 0.3 is 0 Å². The lowest BCUT2D eigenvalue weighted by Crippen LogP contribution is -2.53. The zero-order chi connectivity index (χ0) is 30.5. The van der Waals surface area contributed by atoms with E-state index >= 15 is 0 Å². The molecule has 0 bridgehead atoms. The van der Waals surface area contributed by atoms with Crippen molar-refractivity contribution in [2.45, 2.75) is 57.6 Å². The van der Waals surface area contributed by atoms with Gasteiger partial charge in [0.15, 0.2) is 0 Å². The fourth-order valence-electron chi connectivity index (χ4n) is 4.19. The largest absolute Gasteiger partial charge is 0.352 e. The molecule has 0 saturated carbocycles. The van der Waals surface area contributed by atoms with Crippen molar-refractivity contribution in [1.29, 1.82) is 0 Å². The summed E-state index contributed by atoms with van der Waals surface area (Å²) in [7, 11) is -4.31. The van der Waals surface area contributed by atoms with Gasteiger partial charge in [-0.25, -0.2) is 8.42 Å². The van der Waals surface area contributed by atoms with Crippen LogP contribution in [0.5, 0.6) is 0 Å². The topological polar surface area (TPSA) is 86.8 Å². The van der Waals surface area contributed by atoms with Gasteiger partial charge in [-0.1, -0.05) is 83.2 Å². The fraction of sp³-hybridized carbons (Fsp3) is 0.310. The molecule has 220 valence electrons. The first kappa shape index (κ1) is 33.0. The maximum atomic E-state index is 14.2. The Hall–Kier alpha value is -2.49. The Morgan fingerprint density at radius 3 is 2.00 bits per heavy atom. The van der Waals surface area contributed by atoms with Crippen molar-refractivity contribution in [3.05, 3.63) is 91.9 Å². The van der Waals surface area contributed by atoms with Gasteiger partial charge in [0.2, 0.25) is 11.8 Å². The number of nitrogens with zero attached hydrogens (tertiary/aromatic N) is 2. The van der Waals surface area contributed by atoms with E-state index in [1.54, 1.807) is 51.1 Å². The molecule has 0 aliphatic carbocycles. The number of carbonyl (C=O) groups excluding carboxylic acids is 2. The third-order valence-electron chi connectivity index (χ3n) is 6.29. The maximum Gasteiger partial charge on any atom is 0.264 e. The Morgan fingerprint density at radius 2 is 1.44 bits per heavy atom. The normalized spacial score (nSPS) is 12.2. The van der Waals surface area contributed by atoms with Crippen LogP contribution in [0.1, 0.15) is 38.3 Å². The number of sulfonamides is 1. The second-order valence-corrected chi connectivity index (χ2v) is 13.2. The molecule has 12 heteroatoms. The van der Waals surface area contributed by atoms with Crippen LogP contribution >= 0.6 is 46.4 Å². The summed E-state index contributed by atoms with van der Waals surface area (Å²) >= 11 is 25.6. The molecule has 1 unspecified atom stereocenters. The number of benzene rings is 3. The minimum Gasteiger partial charge on any atom is -0.352 e. The van der Waals surface area contributed by atoms with Crippen LogP contribution in [0, 0.1) is 6.92 Å². The van der Waals surface area contributed by atoms with E-state index in [4.69, 9.17) is 46.4 Å². The van der Waals surface area contributed by atoms with Gasteiger partial charge in [-0.3, -0.25) is 13.9 Å². The van der Waals surface area contributed by atoms with Gasteiger partial charge in [0.05, 0.1) is 20.6 Å². The Balaban J connectivity index is 2.15. The van der Waals surface area contributed by atoms with Crippen molar-refractivity contribution in [2.75, 3.05) is 10.8 Å². The number of hydrogen-bond acceptors (Lipinski definition) is 4. The highest BCUT2D eigenvalue weighted by Crippen LogP contribution is 2.36. The smallest absolute Gasteiger partial charge is 0.264 e. The third kappa shape index (κ3) is 7.87.